The topological polar surface area (TPSA) is 143 Å². The average molecular weight is 468 g/mol. The van der Waals surface area contributed by atoms with Crippen molar-refractivity contribution in [3.05, 3.63) is 35.9 Å². The molecule has 2 rings (SSSR count). The Morgan fingerprint density at radius 1 is 1.06 bits per heavy atom. The molecule has 1 aliphatic rings. The van der Waals surface area contributed by atoms with Gasteiger partial charge in [0.2, 0.25) is 0 Å². The van der Waals surface area contributed by atoms with Crippen LogP contribution in [0.3, 0.4) is 0 Å². The first-order valence-electron chi connectivity index (χ1n) is 11.0. The molecule has 10 nitrogen and oxygen atoms in total. The molecular formula is C23H33NO9. The normalized spacial score (nSPS) is 16.9. The van der Waals surface area contributed by atoms with E-state index in [0.717, 1.165) is 23.5 Å². The SMILES string of the molecule is COCCOCC(CC1(C(=O)ON(Cc2ccccc2)C[C@H](O)C(=O)O)CCCC1)C(=O)O. The highest BCUT2D eigenvalue weighted by Crippen LogP contribution is 2.44. The van der Waals surface area contributed by atoms with Gasteiger partial charge in [-0.25, -0.2) is 9.59 Å². The van der Waals surface area contributed by atoms with Gasteiger partial charge in [0, 0.05) is 7.11 Å². The van der Waals surface area contributed by atoms with E-state index in [1.54, 1.807) is 24.3 Å². The summed E-state index contributed by atoms with van der Waals surface area (Å²) in [6, 6.07) is 8.99. The molecule has 0 heterocycles. The van der Waals surface area contributed by atoms with E-state index in [1.807, 2.05) is 6.07 Å². The smallest absolute Gasteiger partial charge is 0.334 e. The van der Waals surface area contributed by atoms with Gasteiger partial charge in [0.25, 0.3) is 0 Å². The van der Waals surface area contributed by atoms with Crippen molar-refractivity contribution in [1.82, 2.24) is 5.06 Å². The van der Waals surface area contributed by atoms with Crippen LogP contribution in [0.4, 0.5) is 0 Å². The first kappa shape index (κ1) is 26.7. The number of carboxylic acids is 2. The number of hydrogen-bond donors (Lipinski definition) is 3. The number of hydroxylamine groups is 2. The molecule has 1 fully saturated rings. The van der Waals surface area contributed by atoms with E-state index < -0.39 is 41.9 Å². The number of aliphatic hydroxyl groups is 1. The number of hydrogen-bond acceptors (Lipinski definition) is 8. The highest BCUT2D eigenvalue weighted by Gasteiger charge is 2.46. The predicted molar refractivity (Wildman–Crippen MR) is 116 cm³/mol. The first-order chi connectivity index (χ1) is 15.8. The van der Waals surface area contributed by atoms with Crippen molar-refractivity contribution in [2.75, 3.05) is 33.5 Å². The minimum Gasteiger partial charge on any atom is -0.481 e. The van der Waals surface area contributed by atoms with Crippen LogP contribution < -0.4 is 0 Å². The number of ether oxygens (including phenoxy) is 2. The zero-order chi connectivity index (χ0) is 24.3. The van der Waals surface area contributed by atoms with E-state index >= 15 is 0 Å². The second kappa shape index (κ2) is 13.2. The lowest BCUT2D eigenvalue weighted by Crippen LogP contribution is -2.43. The maximum Gasteiger partial charge on any atom is 0.334 e. The van der Waals surface area contributed by atoms with E-state index in [4.69, 9.17) is 19.4 Å². The van der Waals surface area contributed by atoms with Crippen LogP contribution in [0.25, 0.3) is 0 Å². The Labute approximate surface area is 193 Å². The number of aliphatic hydroxyl groups excluding tert-OH is 1. The van der Waals surface area contributed by atoms with Gasteiger partial charge in [-0.3, -0.25) is 4.79 Å². The van der Waals surface area contributed by atoms with Gasteiger partial charge in [-0.1, -0.05) is 43.2 Å². The zero-order valence-electron chi connectivity index (χ0n) is 18.9. The van der Waals surface area contributed by atoms with E-state index in [9.17, 15) is 24.6 Å². The summed E-state index contributed by atoms with van der Waals surface area (Å²) in [6.07, 6.45) is 0.740. The summed E-state index contributed by atoms with van der Waals surface area (Å²) < 4.78 is 10.3. The third-order valence-electron chi connectivity index (χ3n) is 5.81. The second-order valence-corrected chi connectivity index (χ2v) is 8.34. The molecule has 0 spiro atoms. The van der Waals surface area contributed by atoms with Gasteiger partial charge in [-0.05, 0) is 24.8 Å². The fourth-order valence-corrected chi connectivity index (χ4v) is 4.01. The van der Waals surface area contributed by atoms with Gasteiger partial charge in [-0.2, -0.15) is 0 Å². The van der Waals surface area contributed by atoms with Crippen LogP contribution in [0, 0.1) is 11.3 Å². The molecule has 3 N–H and O–H groups in total. The monoisotopic (exact) mass is 467 g/mol. The lowest BCUT2D eigenvalue weighted by molar-refractivity contribution is -0.214. The average Bonchev–Trinajstić information content (AvgIpc) is 3.26. The second-order valence-electron chi connectivity index (χ2n) is 8.34. The number of aliphatic carboxylic acids is 2. The Morgan fingerprint density at radius 3 is 2.30 bits per heavy atom. The first-order valence-corrected chi connectivity index (χ1v) is 11.0. The number of carboxylic acid groups (broad SMARTS) is 2. The van der Waals surface area contributed by atoms with E-state index in [2.05, 4.69) is 0 Å². The van der Waals surface area contributed by atoms with Gasteiger partial charge in [-0.15, -0.1) is 5.06 Å². The molecule has 33 heavy (non-hydrogen) atoms. The molecule has 0 saturated heterocycles. The lowest BCUT2D eigenvalue weighted by atomic mass is 9.78. The van der Waals surface area contributed by atoms with Crippen LogP contribution in [-0.4, -0.2) is 77.9 Å². The van der Waals surface area contributed by atoms with Gasteiger partial charge in [0.15, 0.2) is 6.10 Å². The summed E-state index contributed by atoms with van der Waals surface area (Å²) in [5, 5.41) is 29.7. The fraction of sp³-hybridized carbons (Fsp3) is 0.609. The lowest BCUT2D eigenvalue weighted by Gasteiger charge is -2.32. The standard InChI is InChI=1S/C23H33NO9/c1-31-11-12-32-16-18(20(26)27)13-23(9-5-6-10-23)22(30)33-24(15-19(25)21(28)29)14-17-7-3-2-4-8-17/h2-4,7-8,18-19,25H,5-6,9-16H2,1H3,(H,26,27)(H,28,29)/t18?,19-/m0/s1. The van der Waals surface area contributed by atoms with Crippen LogP contribution in [0.2, 0.25) is 0 Å². The van der Waals surface area contributed by atoms with Gasteiger partial charge < -0.3 is 29.6 Å². The molecule has 0 aliphatic heterocycles. The van der Waals surface area contributed by atoms with Crippen molar-refractivity contribution < 1.29 is 44.0 Å². The number of carbonyl (C=O) groups is 3. The van der Waals surface area contributed by atoms with Gasteiger partial charge in [0.05, 0.1) is 44.2 Å². The zero-order valence-corrected chi connectivity index (χ0v) is 18.9. The third-order valence-corrected chi connectivity index (χ3v) is 5.81. The van der Waals surface area contributed by atoms with E-state index in [0.29, 0.717) is 19.4 Å². The van der Waals surface area contributed by atoms with Crippen molar-refractivity contribution in [3.8, 4) is 0 Å². The summed E-state index contributed by atoms with van der Waals surface area (Å²) in [5.74, 6) is -4.01. The van der Waals surface area contributed by atoms with E-state index in [-0.39, 0.29) is 26.2 Å². The quantitative estimate of drug-likeness (QED) is 0.258. The minimum atomic E-state index is -1.75. The maximum atomic E-state index is 13.3. The Kier molecular flexibility index (Phi) is 10.7. The van der Waals surface area contributed by atoms with Crippen LogP contribution >= 0.6 is 0 Å². The number of carbonyl (C=O) groups excluding carboxylic acids is 1. The predicted octanol–water partition coefficient (Wildman–Crippen LogP) is 1.71. The summed E-state index contributed by atoms with van der Waals surface area (Å²) in [6.45, 7) is 0.179. The molecule has 0 radical (unpaired) electrons. The van der Waals surface area contributed by atoms with Gasteiger partial charge in [0.1, 0.15) is 0 Å². The Morgan fingerprint density at radius 2 is 1.73 bits per heavy atom. The molecule has 1 aliphatic carbocycles. The van der Waals surface area contributed by atoms with Gasteiger partial charge >= 0.3 is 17.9 Å². The largest absolute Gasteiger partial charge is 0.481 e. The molecule has 1 saturated carbocycles. The molecule has 0 aromatic heterocycles. The van der Waals surface area contributed by atoms with Crippen molar-refractivity contribution in [1.29, 1.82) is 0 Å². The Balaban J connectivity index is 2.14. The van der Waals surface area contributed by atoms with Crippen molar-refractivity contribution in [3.63, 3.8) is 0 Å². The fourth-order valence-electron chi connectivity index (χ4n) is 4.01. The molecule has 0 bridgehead atoms. The van der Waals surface area contributed by atoms with Crippen molar-refractivity contribution in [2.45, 2.75) is 44.8 Å². The highest BCUT2D eigenvalue weighted by atomic mass is 16.7. The Bertz CT molecular complexity index is 764. The van der Waals surface area contributed by atoms with Crippen molar-refractivity contribution >= 4 is 17.9 Å². The third kappa shape index (κ3) is 8.39. The number of nitrogens with zero attached hydrogens (tertiary/aromatic N) is 1. The molecule has 0 amide bonds. The molecule has 1 unspecified atom stereocenters. The molecule has 2 atom stereocenters. The van der Waals surface area contributed by atoms with Crippen LogP contribution in [0.15, 0.2) is 30.3 Å². The Hall–Kier alpha value is -2.53. The summed E-state index contributed by atoms with van der Waals surface area (Å²) in [4.78, 5) is 41.9. The molecule has 184 valence electrons. The minimum absolute atomic E-state index is 0.0504. The molecule has 10 heteroatoms. The summed E-state index contributed by atoms with van der Waals surface area (Å²) >= 11 is 0. The van der Waals surface area contributed by atoms with Crippen molar-refractivity contribution in [2.24, 2.45) is 11.3 Å². The summed E-state index contributed by atoms with van der Waals surface area (Å²) in [7, 11) is 1.52. The van der Waals surface area contributed by atoms with Crippen LogP contribution in [0.5, 0.6) is 0 Å². The number of benzene rings is 1. The highest BCUT2D eigenvalue weighted by molar-refractivity contribution is 5.79. The number of methoxy groups -OCH3 is 1. The van der Waals surface area contributed by atoms with Crippen LogP contribution in [0.1, 0.15) is 37.7 Å². The molecular weight excluding hydrogens is 434 g/mol. The molecule has 1 aromatic rings. The maximum absolute atomic E-state index is 13.3. The number of rotatable bonds is 15. The molecule has 1 aromatic carbocycles. The van der Waals surface area contributed by atoms with E-state index in [1.165, 1.54) is 7.11 Å². The summed E-state index contributed by atoms with van der Waals surface area (Å²) in [5.41, 5.74) is -0.255. The van der Waals surface area contributed by atoms with Crippen LogP contribution in [-0.2, 0) is 35.2 Å².